The molecule has 1 rings (SSSR count). The molecule has 0 aromatic carbocycles. The summed E-state index contributed by atoms with van der Waals surface area (Å²) >= 11 is 0. The van der Waals surface area contributed by atoms with Crippen LogP contribution in [0.25, 0.3) is 0 Å². The molecule has 0 bridgehead atoms. The summed E-state index contributed by atoms with van der Waals surface area (Å²) in [5, 5.41) is 0. The van der Waals surface area contributed by atoms with Crippen molar-refractivity contribution in [3.63, 3.8) is 0 Å². The first kappa shape index (κ1) is 14.0. The third-order valence-corrected chi connectivity index (χ3v) is 2.52. The van der Waals surface area contributed by atoms with E-state index in [0.29, 0.717) is 0 Å². The van der Waals surface area contributed by atoms with Crippen LogP contribution in [0.4, 0.5) is 0 Å². The molecule has 0 saturated carbocycles. The van der Waals surface area contributed by atoms with Crippen molar-refractivity contribution < 1.29 is 4.74 Å². The van der Waals surface area contributed by atoms with Gasteiger partial charge in [-0.3, -0.25) is 4.98 Å². The Bertz CT molecular complexity index is 307. The van der Waals surface area contributed by atoms with Gasteiger partial charge in [0.2, 0.25) is 0 Å². The number of hydrogen-bond acceptors (Lipinski definition) is 3. The lowest BCUT2D eigenvalue weighted by molar-refractivity contribution is 0.296. The summed E-state index contributed by atoms with van der Waals surface area (Å²) in [4.78, 5) is 4.33. The Kier molecular flexibility index (Phi) is 5.98. The van der Waals surface area contributed by atoms with Gasteiger partial charge in [0.1, 0.15) is 5.75 Å². The fourth-order valence-corrected chi connectivity index (χ4v) is 1.63. The van der Waals surface area contributed by atoms with E-state index in [-0.39, 0.29) is 6.04 Å². The fraction of sp³-hybridized carbons (Fsp3) is 0.643. The van der Waals surface area contributed by atoms with Crippen LogP contribution in [-0.2, 0) is 6.42 Å². The maximum Gasteiger partial charge on any atom is 0.137 e. The molecule has 2 N–H and O–H groups in total. The summed E-state index contributed by atoms with van der Waals surface area (Å²) in [5.74, 6) is 1.59. The second-order valence-electron chi connectivity index (χ2n) is 5.05. The number of hydrogen-bond donors (Lipinski definition) is 1. The average Bonchev–Trinajstić information content (AvgIpc) is 2.25. The van der Waals surface area contributed by atoms with Crippen molar-refractivity contribution in [1.29, 1.82) is 0 Å². The van der Waals surface area contributed by atoms with Gasteiger partial charge >= 0.3 is 0 Å². The van der Waals surface area contributed by atoms with Gasteiger partial charge in [-0.05, 0) is 37.8 Å². The Balaban J connectivity index is 2.30. The van der Waals surface area contributed by atoms with Crippen LogP contribution in [0.3, 0.4) is 0 Å². The molecule has 1 atom stereocenters. The molecule has 0 aliphatic carbocycles. The average molecular weight is 236 g/mol. The van der Waals surface area contributed by atoms with Gasteiger partial charge in [0.15, 0.2) is 0 Å². The molecule has 3 heteroatoms. The van der Waals surface area contributed by atoms with E-state index in [9.17, 15) is 0 Å². The summed E-state index contributed by atoms with van der Waals surface area (Å²) in [6.45, 7) is 7.21. The first-order valence-electron chi connectivity index (χ1n) is 6.41. The molecule has 17 heavy (non-hydrogen) atoms. The number of nitrogens with two attached hydrogens (primary N) is 1. The van der Waals surface area contributed by atoms with Crippen LogP contribution in [-0.4, -0.2) is 17.6 Å². The normalized spacial score (nSPS) is 12.8. The third kappa shape index (κ3) is 6.27. The minimum Gasteiger partial charge on any atom is -0.492 e. The van der Waals surface area contributed by atoms with Gasteiger partial charge in [-0.2, -0.15) is 0 Å². The monoisotopic (exact) mass is 236 g/mol. The van der Waals surface area contributed by atoms with Crippen molar-refractivity contribution in [1.82, 2.24) is 4.98 Å². The van der Waals surface area contributed by atoms with Crippen LogP contribution in [0.5, 0.6) is 5.75 Å². The number of rotatable bonds is 7. The molecule has 0 aliphatic heterocycles. The molecular formula is C14H24N2O. The van der Waals surface area contributed by atoms with Crippen LogP contribution in [0.2, 0.25) is 0 Å². The molecule has 1 aromatic rings. The van der Waals surface area contributed by atoms with Crippen LogP contribution in [0, 0.1) is 5.92 Å². The summed E-state index contributed by atoms with van der Waals surface area (Å²) in [7, 11) is 0. The molecule has 0 saturated heterocycles. The van der Waals surface area contributed by atoms with E-state index in [1.165, 1.54) is 6.42 Å². The Morgan fingerprint density at radius 3 is 2.59 bits per heavy atom. The van der Waals surface area contributed by atoms with Crippen molar-refractivity contribution >= 4 is 0 Å². The molecular weight excluding hydrogens is 212 g/mol. The van der Waals surface area contributed by atoms with Gasteiger partial charge in [0.25, 0.3) is 0 Å². The highest BCUT2D eigenvalue weighted by Gasteiger charge is 2.00. The second-order valence-corrected chi connectivity index (χ2v) is 5.05. The van der Waals surface area contributed by atoms with E-state index in [2.05, 4.69) is 18.8 Å². The van der Waals surface area contributed by atoms with E-state index >= 15 is 0 Å². The van der Waals surface area contributed by atoms with Crippen molar-refractivity contribution in [3.8, 4) is 5.75 Å². The lowest BCUT2D eigenvalue weighted by Gasteiger charge is -2.08. The number of aromatic nitrogens is 1. The SMILES string of the molecule is CC(C)CCCOc1ccc(CC(C)N)nc1. The zero-order chi connectivity index (χ0) is 12.7. The molecule has 0 amide bonds. The number of ether oxygens (including phenoxy) is 1. The second kappa shape index (κ2) is 7.28. The predicted molar refractivity (Wildman–Crippen MR) is 71.2 cm³/mol. The van der Waals surface area contributed by atoms with Crippen molar-refractivity contribution in [2.45, 2.75) is 46.1 Å². The van der Waals surface area contributed by atoms with Gasteiger partial charge in [-0.25, -0.2) is 0 Å². The zero-order valence-corrected chi connectivity index (χ0v) is 11.1. The molecule has 0 fully saturated rings. The van der Waals surface area contributed by atoms with E-state index in [1.807, 2.05) is 19.1 Å². The van der Waals surface area contributed by atoms with E-state index in [0.717, 1.165) is 36.8 Å². The topological polar surface area (TPSA) is 48.1 Å². The fourth-order valence-electron chi connectivity index (χ4n) is 1.63. The summed E-state index contributed by atoms with van der Waals surface area (Å²) in [6.07, 6.45) is 4.90. The lowest BCUT2D eigenvalue weighted by Crippen LogP contribution is -2.18. The van der Waals surface area contributed by atoms with Gasteiger partial charge in [0.05, 0.1) is 12.8 Å². The van der Waals surface area contributed by atoms with Crippen LogP contribution in [0.15, 0.2) is 18.3 Å². The molecule has 1 aromatic heterocycles. The van der Waals surface area contributed by atoms with Crippen LogP contribution in [0.1, 0.15) is 39.3 Å². The van der Waals surface area contributed by atoms with Crippen LogP contribution < -0.4 is 10.5 Å². The number of nitrogens with zero attached hydrogens (tertiary/aromatic N) is 1. The van der Waals surface area contributed by atoms with E-state index < -0.39 is 0 Å². The Hall–Kier alpha value is -1.09. The largest absolute Gasteiger partial charge is 0.492 e. The standard InChI is InChI=1S/C14H24N2O/c1-11(2)5-4-8-17-14-7-6-13(16-10-14)9-12(3)15/h6-7,10-12H,4-5,8-9,15H2,1-3H3. The maximum absolute atomic E-state index is 5.72. The molecule has 0 aliphatic rings. The molecule has 1 unspecified atom stereocenters. The summed E-state index contributed by atoms with van der Waals surface area (Å²) < 4.78 is 5.62. The number of pyridine rings is 1. The molecule has 1 heterocycles. The third-order valence-electron chi connectivity index (χ3n) is 2.52. The van der Waals surface area contributed by atoms with Gasteiger partial charge < -0.3 is 10.5 Å². The smallest absolute Gasteiger partial charge is 0.137 e. The molecule has 0 spiro atoms. The first-order valence-corrected chi connectivity index (χ1v) is 6.41. The van der Waals surface area contributed by atoms with Gasteiger partial charge in [-0.15, -0.1) is 0 Å². The molecule has 3 nitrogen and oxygen atoms in total. The summed E-state index contributed by atoms with van der Waals surface area (Å²) in [6, 6.07) is 4.11. The van der Waals surface area contributed by atoms with Crippen molar-refractivity contribution in [3.05, 3.63) is 24.0 Å². The highest BCUT2D eigenvalue weighted by molar-refractivity contribution is 5.20. The Morgan fingerprint density at radius 1 is 1.29 bits per heavy atom. The van der Waals surface area contributed by atoms with Gasteiger partial charge in [-0.1, -0.05) is 13.8 Å². The summed E-state index contributed by atoms with van der Waals surface area (Å²) in [5.41, 5.74) is 6.74. The minimum atomic E-state index is 0.153. The highest BCUT2D eigenvalue weighted by Crippen LogP contribution is 2.11. The maximum atomic E-state index is 5.72. The highest BCUT2D eigenvalue weighted by atomic mass is 16.5. The molecule has 0 radical (unpaired) electrons. The zero-order valence-electron chi connectivity index (χ0n) is 11.1. The Labute approximate surface area is 104 Å². The van der Waals surface area contributed by atoms with E-state index in [1.54, 1.807) is 6.20 Å². The minimum absolute atomic E-state index is 0.153. The van der Waals surface area contributed by atoms with Crippen LogP contribution >= 0.6 is 0 Å². The lowest BCUT2D eigenvalue weighted by atomic mass is 10.1. The first-order chi connectivity index (χ1) is 8.08. The predicted octanol–water partition coefficient (Wildman–Crippen LogP) is 2.79. The van der Waals surface area contributed by atoms with E-state index in [4.69, 9.17) is 10.5 Å². The quantitative estimate of drug-likeness (QED) is 0.741. The van der Waals surface area contributed by atoms with Crippen molar-refractivity contribution in [2.24, 2.45) is 11.7 Å². The van der Waals surface area contributed by atoms with Crippen molar-refractivity contribution in [2.75, 3.05) is 6.61 Å². The Morgan fingerprint density at radius 2 is 2.06 bits per heavy atom. The molecule has 96 valence electrons. The van der Waals surface area contributed by atoms with Gasteiger partial charge in [0, 0.05) is 18.2 Å².